The second kappa shape index (κ2) is 28.7. The van der Waals surface area contributed by atoms with Crippen LogP contribution in [0.3, 0.4) is 0 Å². The van der Waals surface area contributed by atoms with Gasteiger partial charge < -0.3 is 14.2 Å². The molecule has 63 heavy (non-hydrogen) atoms. The van der Waals surface area contributed by atoms with Crippen LogP contribution in [-0.4, -0.2) is 171 Å². The van der Waals surface area contributed by atoms with Gasteiger partial charge in [0.1, 0.15) is 23.8 Å². The van der Waals surface area contributed by atoms with E-state index < -0.39 is 97.4 Å². The molecule has 0 radical (unpaired) electrons. The molecule has 0 N–H and O–H groups in total. The number of nitrogens with zero attached hydrogens (tertiary/aromatic N) is 6. The Kier molecular flexibility index (Phi) is 25.5. The first-order valence-electron chi connectivity index (χ1n) is 19.0. The van der Waals surface area contributed by atoms with Crippen molar-refractivity contribution in [2.24, 2.45) is 16.1 Å². The van der Waals surface area contributed by atoms with E-state index in [1.54, 1.807) is 31.2 Å². The molecule has 0 aliphatic carbocycles. The van der Waals surface area contributed by atoms with Crippen LogP contribution in [0.25, 0.3) is 20.9 Å². The van der Waals surface area contributed by atoms with Gasteiger partial charge in [-0.15, -0.1) is 0 Å². The number of azide groups is 2. The zero-order chi connectivity index (χ0) is 47.4. The van der Waals surface area contributed by atoms with E-state index in [0.29, 0.717) is 55.6 Å². The van der Waals surface area contributed by atoms with Crippen LogP contribution in [0.2, 0.25) is 0 Å². The zero-order valence-electron chi connectivity index (χ0n) is 35.9. The molecule has 2 fully saturated rings. The van der Waals surface area contributed by atoms with Crippen molar-refractivity contribution >= 4 is 121 Å². The average Bonchev–Trinajstić information content (AvgIpc) is 3.21. The van der Waals surface area contributed by atoms with Gasteiger partial charge in [-0.2, -0.15) is 0 Å². The van der Waals surface area contributed by atoms with Crippen molar-refractivity contribution in [2.75, 3.05) is 13.2 Å². The van der Waals surface area contributed by atoms with Crippen molar-refractivity contribution < 1.29 is 66.7 Å². The van der Waals surface area contributed by atoms with E-state index in [0.717, 1.165) is 25.0 Å². The summed E-state index contributed by atoms with van der Waals surface area (Å²) in [5.41, 5.74) is 21.6. The number of carbonyl (C=O) groups excluding carboxylic acids is 7. The summed E-state index contributed by atoms with van der Waals surface area (Å²) >= 11 is 3.09. The summed E-state index contributed by atoms with van der Waals surface area (Å²) in [6.07, 6.45) is -4.92. The number of carbonyl (C=O) groups is 7. The fourth-order valence-corrected chi connectivity index (χ4v) is 11.2. The van der Waals surface area contributed by atoms with Gasteiger partial charge in [-0.1, -0.05) is 28.0 Å². The molecule has 2 aromatic rings. The maximum atomic E-state index is 12.9. The van der Waals surface area contributed by atoms with Crippen LogP contribution in [0.5, 0.6) is 0 Å². The summed E-state index contributed by atoms with van der Waals surface area (Å²) in [6, 6.07) is 12.9. The molecule has 2 saturated heterocycles. The summed E-state index contributed by atoms with van der Waals surface area (Å²) in [4.78, 5) is 86.5. The SMILES string of the molecule is CC(=O)OCC1O[C@@H]([Se]C(=O)c2ccc(C)cc2)C(OC(C)=O)[C@@H](N=[N+]=[N-])[C@H]1OC(C)=O.CC(=O)OCC1O[C@H](Br)C(C)[C@@H](N=[N+]=[N-])[C@H]1OC(C)=O.Cc1ccc(C(=O)[Se][K])cc1. The van der Waals surface area contributed by atoms with Crippen molar-refractivity contribution in [3.8, 4) is 0 Å². The summed E-state index contributed by atoms with van der Waals surface area (Å²) in [5, 5.41) is 5.97. The van der Waals surface area contributed by atoms with Crippen LogP contribution in [-0.2, 0) is 57.1 Å². The second-order valence-corrected chi connectivity index (χ2v) is 21.9. The molecular formula is C39H46BrKN6O14Se2. The van der Waals surface area contributed by atoms with E-state index in [1.807, 2.05) is 38.1 Å². The molecular weight excluding hydrogens is 1050 g/mol. The number of halogens is 1. The Morgan fingerprint density at radius 1 is 0.651 bits per heavy atom. The standard InChI is InChI=1S/C20H23N3O8Se.C11H16BrN3O5.C8H8OSe.K/c1-10-5-7-14(8-6-10)19(27)32-20-18(30-13(4)26)16(22-23-21)17(29-12(3)25)15(31-20)9-28-11(2)24;1-5-9(14-15-13)10(19-7(3)17)8(20-11(5)12)4-18-6(2)16;1-6-2-4-7(5-3-6)8(9)10;/h5-8,15-18,20H,9H2,1-4H3;5,8-11H,4H2,1-3H3;2-5H,1H3,(H,9,10);/q;;;+1/p-1/t15?,16-,17-,18?,20-;5?,8?,9-,10+,11+;;/m01../s1. The Hall–Kier alpha value is -3.17. The first kappa shape index (κ1) is 56.0. The van der Waals surface area contributed by atoms with Gasteiger partial charge in [-0.05, 0) is 5.53 Å². The molecule has 20 nitrogen and oxygen atoms in total. The van der Waals surface area contributed by atoms with Crippen molar-refractivity contribution in [1.82, 2.24) is 0 Å². The number of rotatable bonds is 14. The van der Waals surface area contributed by atoms with E-state index >= 15 is 0 Å². The van der Waals surface area contributed by atoms with Crippen LogP contribution in [0.15, 0.2) is 58.8 Å². The third-order valence-electron chi connectivity index (χ3n) is 8.74. The normalized spacial score (nSPS) is 24.6. The second-order valence-electron chi connectivity index (χ2n) is 13.8. The monoisotopic (exact) mass is 1100 g/mol. The van der Waals surface area contributed by atoms with E-state index in [-0.39, 0.29) is 29.4 Å². The Morgan fingerprint density at radius 2 is 1.05 bits per heavy atom. The topological polar surface area (TPSA) is 282 Å². The van der Waals surface area contributed by atoms with Gasteiger partial charge >= 0.3 is 305 Å². The summed E-state index contributed by atoms with van der Waals surface area (Å²) in [6.45, 7) is 11.3. The Morgan fingerprint density at radius 3 is 1.46 bits per heavy atom. The Balaban J connectivity index is 0.000000371. The minimum absolute atomic E-state index is 0.0838. The molecule has 2 heterocycles. The third-order valence-corrected chi connectivity index (χ3v) is 16.3. The molecule has 336 valence electrons. The molecule has 24 heteroatoms. The fourth-order valence-electron chi connectivity index (χ4n) is 5.78. The van der Waals surface area contributed by atoms with E-state index in [9.17, 15) is 33.6 Å². The number of alkyl halides is 1. The van der Waals surface area contributed by atoms with Crippen LogP contribution >= 0.6 is 15.9 Å². The van der Waals surface area contributed by atoms with E-state index in [1.165, 1.54) is 26.3 Å². The van der Waals surface area contributed by atoms with Gasteiger partial charge in [0.15, 0.2) is 0 Å². The number of ether oxygens (including phenoxy) is 7. The van der Waals surface area contributed by atoms with Gasteiger partial charge in [-0.25, -0.2) is 0 Å². The molecule has 0 spiro atoms. The predicted octanol–water partition coefficient (Wildman–Crippen LogP) is 4.51. The van der Waals surface area contributed by atoms with Crippen LogP contribution in [0.1, 0.15) is 73.4 Å². The van der Waals surface area contributed by atoms with Crippen LogP contribution in [0, 0.1) is 19.8 Å². The molecule has 4 unspecified atom stereocenters. The summed E-state index contributed by atoms with van der Waals surface area (Å²) in [7, 11) is 0. The third kappa shape index (κ3) is 19.4. The van der Waals surface area contributed by atoms with E-state index in [4.69, 9.17) is 44.2 Å². The number of esters is 5. The van der Waals surface area contributed by atoms with Crippen molar-refractivity contribution in [3.63, 3.8) is 0 Å². The number of hydrogen-bond donors (Lipinski definition) is 0. The maximum absolute atomic E-state index is 12.9. The van der Waals surface area contributed by atoms with Gasteiger partial charge in [0, 0.05) is 24.7 Å². The summed E-state index contributed by atoms with van der Waals surface area (Å²) < 4.78 is 37.4. The van der Waals surface area contributed by atoms with Gasteiger partial charge in [-0.3, -0.25) is 9.59 Å². The molecule has 2 aliphatic heterocycles. The average molecular weight is 1100 g/mol. The van der Waals surface area contributed by atoms with Gasteiger partial charge in [0.05, 0.1) is 6.04 Å². The van der Waals surface area contributed by atoms with Gasteiger partial charge in [0.2, 0.25) is 0 Å². The number of benzene rings is 2. The molecule has 0 bridgehead atoms. The number of hydrogen-bond acceptors (Lipinski definition) is 16. The van der Waals surface area contributed by atoms with Crippen molar-refractivity contribution in [1.29, 1.82) is 0 Å². The molecule has 0 saturated carbocycles. The van der Waals surface area contributed by atoms with E-state index in [2.05, 4.69) is 36.0 Å². The summed E-state index contributed by atoms with van der Waals surface area (Å²) in [5.74, 6) is -3.20. The molecule has 10 atom stereocenters. The molecule has 2 aromatic carbocycles. The van der Waals surface area contributed by atoms with Gasteiger partial charge in [0.25, 0.3) is 0 Å². The molecule has 4 rings (SSSR count). The quantitative estimate of drug-likeness (QED) is 0.0479. The Labute approximate surface area is 412 Å². The van der Waals surface area contributed by atoms with Crippen molar-refractivity contribution in [2.45, 2.75) is 108 Å². The van der Waals surface area contributed by atoms with Crippen LogP contribution in [0.4, 0.5) is 0 Å². The Bertz CT molecular complexity index is 2020. The number of aryl methyl sites for hydroxylation is 2. The minimum atomic E-state index is -1.20. The fraction of sp³-hybridized carbons (Fsp3) is 0.513. The van der Waals surface area contributed by atoms with Crippen LogP contribution < -0.4 is 0 Å². The first-order chi connectivity index (χ1) is 29.7. The zero-order valence-corrected chi connectivity index (χ0v) is 44.0. The predicted molar refractivity (Wildman–Crippen MR) is 229 cm³/mol. The molecule has 2 aliphatic rings. The molecule has 0 aromatic heterocycles. The van der Waals surface area contributed by atoms with Crippen molar-refractivity contribution in [3.05, 3.63) is 91.7 Å². The first-order valence-corrected chi connectivity index (χ1v) is 30.9. The molecule has 0 amide bonds.